The summed E-state index contributed by atoms with van der Waals surface area (Å²) < 4.78 is 47.8. The number of ether oxygens (including phenoxy) is 1. The van der Waals surface area contributed by atoms with E-state index in [-0.39, 0.29) is 11.1 Å². The summed E-state index contributed by atoms with van der Waals surface area (Å²) in [5.74, 6) is -1.67. The van der Waals surface area contributed by atoms with Gasteiger partial charge in [-0.3, -0.25) is 0 Å². The van der Waals surface area contributed by atoms with Crippen LogP contribution < -0.4 is 0 Å². The van der Waals surface area contributed by atoms with E-state index < -0.39 is 23.6 Å². The van der Waals surface area contributed by atoms with Gasteiger partial charge in [0.15, 0.2) is 11.6 Å². The molecule has 0 N–H and O–H groups in total. The van der Waals surface area contributed by atoms with Gasteiger partial charge in [0.1, 0.15) is 5.82 Å². The highest BCUT2D eigenvalue weighted by Gasteiger charge is 2.26. The van der Waals surface area contributed by atoms with E-state index in [1.807, 2.05) is 0 Å². The molecule has 1 saturated heterocycles. The molecule has 1 aliphatic rings. The summed E-state index contributed by atoms with van der Waals surface area (Å²) in [5.41, 5.74) is 0.858. The van der Waals surface area contributed by atoms with Gasteiger partial charge in [0, 0.05) is 11.1 Å². The minimum Gasteiger partial charge on any atom is -0.373 e. The van der Waals surface area contributed by atoms with Crippen molar-refractivity contribution in [3.05, 3.63) is 59.4 Å². The molecule has 1 nitrogen and oxygen atoms in total. The number of hydrogen-bond donors (Lipinski definition) is 0. The molecule has 2 unspecified atom stereocenters. The molecule has 0 aromatic heterocycles. The Morgan fingerprint density at radius 1 is 0.958 bits per heavy atom. The lowest BCUT2D eigenvalue weighted by molar-refractivity contribution is -0.0214. The predicted molar refractivity (Wildman–Crippen MR) is 88.1 cm³/mol. The van der Waals surface area contributed by atoms with Gasteiger partial charge in [-0.25, -0.2) is 13.2 Å². The van der Waals surface area contributed by atoms with Crippen LogP contribution in [0.1, 0.15) is 44.3 Å². The number of halogens is 3. The average Bonchev–Trinajstić information content (AvgIpc) is 2.59. The SMILES string of the molecule is CCCC1CCC(c2ccc(-c3ccc(F)cc3)c(F)c2F)OC1. The molecule has 3 rings (SSSR count). The summed E-state index contributed by atoms with van der Waals surface area (Å²) in [6.07, 6.45) is 3.49. The van der Waals surface area contributed by atoms with Crippen LogP contribution in [0, 0.1) is 23.4 Å². The maximum atomic E-state index is 14.5. The second kappa shape index (κ2) is 7.39. The highest BCUT2D eigenvalue weighted by atomic mass is 19.2. The predicted octanol–water partition coefficient (Wildman–Crippen LogP) is 6.04. The van der Waals surface area contributed by atoms with Gasteiger partial charge < -0.3 is 4.74 Å². The van der Waals surface area contributed by atoms with Crippen LogP contribution in [0.3, 0.4) is 0 Å². The summed E-state index contributed by atoms with van der Waals surface area (Å²) in [6, 6.07) is 8.49. The Balaban J connectivity index is 1.82. The molecule has 0 spiro atoms. The van der Waals surface area contributed by atoms with Crippen LogP contribution in [-0.2, 0) is 4.74 Å². The fraction of sp³-hybridized carbons (Fsp3) is 0.400. The van der Waals surface area contributed by atoms with E-state index in [9.17, 15) is 13.2 Å². The molecule has 0 amide bonds. The van der Waals surface area contributed by atoms with Crippen molar-refractivity contribution in [2.24, 2.45) is 5.92 Å². The molecule has 0 bridgehead atoms. The molecule has 4 heteroatoms. The molecule has 128 valence electrons. The van der Waals surface area contributed by atoms with Crippen LogP contribution in [0.5, 0.6) is 0 Å². The Bertz CT molecular complexity index is 689. The zero-order valence-corrected chi connectivity index (χ0v) is 13.7. The first-order chi connectivity index (χ1) is 11.6. The van der Waals surface area contributed by atoms with Crippen molar-refractivity contribution >= 4 is 0 Å². The Kier molecular flexibility index (Phi) is 5.24. The topological polar surface area (TPSA) is 9.23 Å². The number of benzene rings is 2. The van der Waals surface area contributed by atoms with E-state index in [1.165, 1.54) is 24.3 Å². The third kappa shape index (κ3) is 3.48. The average molecular weight is 334 g/mol. The first kappa shape index (κ1) is 17.0. The van der Waals surface area contributed by atoms with Crippen molar-refractivity contribution in [3.8, 4) is 11.1 Å². The van der Waals surface area contributed by atoms with Crippen LogP contribution in [0.4, 0.5) is 13.2 Å². The van der Waals surface area contributed by atoms with Gasteiger partial charge in [-0.2, -0.15) is 0 Å². The van der Waals surface area contributed by atoms with Crippen LogP contribution >= 0.6 is 0 Å². The number of hydrogen-bond acceptors (Lipinski definition) is 1. The highest BCUT2D eigenvalue weighted by molar-refractivity contribution is 5.64. The maximum absolute atomic E-state index is 14.5. The molecular formula is C20H21F3O. The van der Waals surface area contributed by atoms with E-state index in [4.69, 9.17) is 4.74 Å². The summed E-state index contributed by atoms with van der Waals surface area (Å²) in [6.45, 7) is 2.73. The molecule has 0 saturated carbocycles. The lowest BCUT2D eigenvalue weighted by Gasteiger charge is -2.29. The van der Waals surface area contributed by atoms with Gasteiger partial charge in [-0.15, -0.1) is 0 Å². The zero-order valence-electron chi connectivity index (χ0n) is 13.7. The Hall–Kier alpha value is -1.81. The summed E-state index contributed by atoms with van der Waals surface area (Å²) in [5, 5.41) is 0. The highest BCUT2D eigenvalue weighted by Crippen LogP contribution is 2.36. The molecule has 1 aliphatic heterocycles. The lowest BCUT2D eigenvalue weighted by Crippen LogP contribution is -2.21. The normalized spacial score (nSPS) is 21.0. The molecule has 1 fully saturated rings. The standard InChI is InChI=1S/C20H21F3O/c1-2-3-13-4-11-18(24-12-13)17-10-9-16(19(22)20(17)23)14-5-7-15(21)8-6-14/h5-10,13,18H,2-4,11-12H2,1H3. The second-order valence-electron chi connectivity index (χ2n) is 6.39. The van der Waals surface area contributed by atoms with E-state index in [1.54, 1.807) is 12.1 Å². The molecule has 0 aliphatic carbocycles. The van der Waals surface area contributed by atoms with Crippen LogP contribution in [0.2, 0.25) is 0 Å². The third-order valence-electron chi connectivity index (χ3n) is 4.68. The zero-order chi connectivity index (χ0) is 17.1. The van der Waals surface area contributed by atoms with Gasteiger partial charge in [0.05, 0.1) is 12.7 Å². The maximum Gasteiger partial charge on any atom is 0.167 e. The molecule has 24 heavy (non-hydrogen) atoms. The van der Waals surface area contributed by atoms with Gasteiger partial charge in [0.2, 0.25) is 0 Å². The fourth-order valence-corrected chi connectivity index (χ4v) is 3.35. The smallest absolute Gasteiger partial charge is 0.167 e. The van der Waals surface area contributed by atoms with E-state index in [2.05, 4.69) is 6.92 Å². The molecular weight excluding hydrogens is 313 g/mol. The monoisotopic (exact) mass is 334 g/mol. The third-order valence-corrected chi connectivity index (χ3v) is 4.68. The van der Waals surface area contributed by atoms with Crippen LogP contribution in [-0.4, -0.2) is 6.61 Å². The van der Waals surface area contributed by atoms with Gasteiger partial charge >= 0.3 is 0 Å². The van der Waals surface area contributed by atoms with E-state index in [0.717, 1.165) is 19.3 Å². The second-order valence-corrected chi connectivity index (χ2v) is 6.39. The quantitative estimate of drug-likeness (QED) is 0.662. The molecule has 2 aromatic carbocycles. The van der Waals surface area contributed by atoms with Crippen LogP contribution in [0.15, 0.2) is 36.4 Å². The minimum absolute atomic E-state index is 0.135. The Morgan fingerprint density at radius 2 is 1.71 bits per heavy atom. The molecule has 2 atom stereocenters. The van der Waals surface area contributed by atoms with Crippen molar-refractivity contribution < 1.29 is 17.9 Å². The Morgan fingerprint density at radius 3 is 2.33 bits per heavy atom. The van der Waals surface area contributed by atoms with Crippen molar-refractivity contribution in [3.63, 3.8) is 0 Å². The van der Waals surface area contributed by atoms with Crippen molar-refractivity contribution in [2.75, 3.05) is 6.61 Å². The van der Waals surface area contributed by atoms with E-state index >= 15 is 0 Å². The van der Waals surface area contributed by atoms with Gasteiger partial charge in [-0.05, 0) is 42.9 Å². The van der Waals surface area contributed by atoms with Gasteiger partial charge in [0.25, 0.3) is 0 Å². The minimum atomic E-state index is -0.904. The first-order valence-electron chi connectivity index (χ1n) is 8.45. The molecule has 1 heterocycles. The molecule has 2 aromatic rings. The fourth-order valence-electron chi connectivity index (χ4n) is 3.35. The first-order valence-corrected chi connectivity index (χ1v) is 8.45. The molecule has 0 radical (unpaired) electrons. The summed E-state index contributed by atoms with van der Waals surface area (Å²) in [7, 11) is 0. The van der Waals surface area contributed by atoms with Crippen molar-refractivity contribution in [1.82, 2.24) is 0 Å². The van der Waals surface area contributed by atoms with Crippen LogP contribution in [0.25, 0.3) is 11.1 Å². The Labute approximate surface area is 140 Å². The lowest BCUT2D eigenvalue weighted by atomic mass is 9.91. The van der Waals surface area contributed by atoms with Crippen molar-refractivity contribution in [2.45, 2.75) is 38.7 Å². The van der Waals surface area contributed by atoms with Crippen molar-refractivity contribution in [1.29, 1.82) is 0 Å². The summed E-state index contributed by atoms with van der Waals surface area (Å²) >= 11 is 0. The van der Waals surface area contributed by atoms with E-state index in [0.29, 0.717) is 24.5 Å². The summed E-state index contributed by atoms with van der Waals surface area (Å²) in [4.78, 5) is 0. The number of rotatable bonds is 4. The largest absolute Gasteiger partial charge is 0.373 e. The van der Waals surface area contributed by atoms with Gasteiger partial charge in [-0.1, -0.05) is 37.6 Å².